The molecule has 19 heteroatoms. The molecular formula is C62H96N6O7Si6. The van der Waals surface area contributed by atoms with E-state index in [1.165, 1.54) is 0 Å². The average Bonchev–Trinajstić information content (AvgIpc) is 3.49. The van der Waals surface area contributed by atoms with Crippen LogP contribution in [-0.4, -0.2) is 105 Å². The van der Waals surface area contributed by atoms with Crippen LogP contribution in [0.15, 0.2) is 182 Å². The molecule has 0 saturated heterocycles. The summed E-state index contributed by atoms with van der Waals surface area (Å²) in [6.45, 7) is 18.3. The topological polar surface area (TPSA) is 137 Å². The van der Waals surface area contributed by atoms with E-state index >= 15 is 0 Å². The molecule has 0 radical (unpaired) electrons. The fourth-order valence-corrected chi connectivity index (χ4v) is 40.9. The van der Waals surface area contributed by atoms with Crippen molar-refractivity contribution >= 4 is 85.5 Å². The first-order valence-corrected chi connectivity index (χ1v) is 44.6. The second kappa shape index (κ2) is 34.0. The number of anilines is 6. The number of rotatable bonds is 42. The van der Waals surface area contributed by atoms with Crippen LogP contribution < -0.4 is 31.9 Å². The molecule has 0 heterocycles. The Labute approximate surface area is 493 Å². The molecule has 81 heavy (non-hydrogen) atoms. The number of para-hydroxylation sites is 6. The van der Waals surface area contributed by atoms with Gasteiger partial charge in [-0.2, -0.15) is 0 Å². The third-order valence-electron chi connectivity index (χ3n) is 14.5. The summed E-state index contributed by atoms with van der Waals surface area (Å²) >= 11 is 0. The van der Waals surface area contributed by atoms with Gasteiger partial charge in [0.1, 0.15) is 0 Å². The molecule has 6 aromatic rings. The Kier molecular flexibility index (Phi) is 27.4. The highest BCUT2D eigenvalue weighted by atomic mass is 28.5. The fraction of sp³-hybridized carbons (Fsp3) is 0.419. The van der Waals surface area contributed by atoms with Crippen molar-refractivity contribution in [1.29, 1.82) is 0 Å². The minimum atomic E-state index is -3.24. The molecule has 0 fully saturated rings. The highest BCUT2D eigenvalue weighted by Gasteiger charge is 2.54. The quantitative estimate of drug-likeness (QED) is 0.0160. The molecule has 6 rings (SSSR count). The predicted molar refractivity (Wildman–Crippen MR) is 355 cm³/mol. The second-order valence-electron chi connectivity index (χ2n) is 22.1. The molecule has 440 valence electrons. The Bertz CT molecular complexity index is 2430. The zero-order valence-corrected chi connectivity index (χ0v) is 55.9. The van der Waals surface area contributed by atoms with E-state index in [0.29, 0.717) is 0 Å². The van der Waals surface area contributed by atoms with E-state index in [1.807, 2.05) is 26.4 Å². The lowest BCUT2D eigenvalue weighted by atomic mass is 10.3. The number of nitrogens with one attached hydrogen (secondary N) is 6. The van der Waals surface area contributed by atoms with Crippen molar-refractivity contribution in [3.63, 3.8) is 0 Å². The van der Waals surface area contributed by atoms with E-state index in [1.54, 1.807) is 0 Å². The van der Waals surface area contributed by atoms with Crippen molar-refractivity contribution in [2.45, 2.75) is 114 Å². The van der Waals surface area contributed by atoms with Gasteiger partial charge >= 0.3 is 51.4 Å². The summed E-state index contributed by atoms with van der Waals surface area (Å²) in [5, 5.41) is 21.9. The Balaban J connectivity index is 1.33. The highest BCUT2D eigenvalue weighted by Crippen LogP contribution is 2.37. The van der Waals surface area contributed by atoms with E-state index in [0.717, 1.165) is 148 Å². The summed E-state index contributed by atoms with van der Waals surface area (Å²) in [5.41, 5.74) is 6.60. The normalized spacial score (nSPS) is 16.0. The van der Waals surface area contributed by atoms with Crippen LogP contribution in [0.3, 0.4) is 0 Å². The van der Waals surface area contributed by atoms with Gasteiger partial charge < -0.3 is 61.3 Å². The largest absolute Gasteiger partial charge is 0.416 e. The van der Waals surface area contributed by atoms with Gasteiger partial charge in [-0.15, -0.1) is 0 Å². The van der Waals surface area contributed by atoms with E-state index in [-0.39, 0.29) is 0 Å². The molecule has 0 spiro atoms. The van der Waals surface area contributed by atoms with Gasteiger partial charge in [0, 0.05) is 87.6 Å². The zero-order valence-electron chi connectivity index (χ0n) is 49.9. The monoisotopic (exact) mass is 1200 g/mol. The van der Waals surface area contributed by atoms with Crippen LogP contribution in [-0.2, 0) is 29.4 Å². The molecule has 0 aliphatic carbocycles. The summed E-state index contributed by atoms with van der Waals surface area (Å²) in [6.07, 6.45) is 5.18. The molecule has 0 amide bonds. The van der Waals surface area contributed by atoms with Crippen LogP contribution >= 0.6 is 0 Å². The zero-order chi connectivity index (χ0) is 57.6. The van der Waals surface area contributed by atoms with Crippen molar-refractivity contribution in [2.24, 2.45) is 0 Å². The lowest BCUT2D eigenvalue weighted by Gasteiger charge is -2.47. The van der Waals surface area contributed by atoms with Crippen LogP contribution in [0.25, 0.3) is 0 Å². The molecule has 6 atom stereocenters. The van der Waals surface area contributed by atoms with Crippen molar-refractivity contribution in [2.75, 3.05) is 85.4 Å². The maximum Gasteiger partial charge on any atom is 0.325 e. The van der Waals surface area contributed by atoms with E-state index in [4.69, 9.17) is 29.4 Å². The molecule has 0 aromatic heterocycles. The highest BCUT2D eigenvalue weighted by molar-refractivity contribution is 6.91. The third-order valence-corrected chi connectivity index (χ3v) is 41.1. The summed E-state index contributed by atoms with van der Waals surface area (Å²) in [7, 11) is -14.6. The summed E-state index contributed by atoms with van der Waals surface area (Å²) in [4.78, 5) is 0. The molecule has 0 aliphatic heterocycles. The standard InChI is InChI=1S/C62H96N6O7Si6/c1-69-76(3,51-27-45-63-57-33-15-9-16-34-57)71-78(5,53-29-47-65-59-37-19-11-20-38-59)73-80(7,55-31-49-67-61-41-23-13-24-42-61)75-81(8,56-32-50-68-62-43-25-14-26-44-62)74-79(6,54-30-48-66-60-39-21-12-22-40-60)72-77(4,70-2)52-28-46-64-58-35-17-10-18-36-58/h9-26,33-44,63-68H,27-32,45-56H2,1-8H3. The van der Waals surface area contributed by atoms with Gasteiger partial charge in [0.25, 0.3) is 0 Å². The van der Waals surface area contributed by atoms with Crippen LogP contribution in [0.2, 0.25) is 75.5 Å². The lowest BCUT2D eigenvalue weighted by Crippen LogP contribution is -2.63. The Hall–Kier alpha value is -4.86. The van der Waals surface area contributed by atoms with Gasteiger partial charge in [0.05, 0.1) is 0 Å². The van der Waals surface area contributed by atoms with Gasteiger partial charge in [-0.05, 0) is 187 Å². The van der Waals surface area contributed by atoms with Crippen molar-refractivity contribution in [3.8, 4) is 0 Å². The van der Waals surface area contributed by atoms with Gasteiger partial charge in [-0.1, -0.05) is 109 Å². The molecular weight excluding hydrogens is 1110 g/mol. The average molecular weight is 1210 g/mol. The molecule has 0 aliphatic rings. The Morgan fingerprint density at radius 3 is 0.543 bits per heavy atom. The maximum atomic E-state index is 8.05. The summed E-state index contributed by atoms with van der Waals surface area (Å²) < 4.78 is 52.2. The van der Waals surface area contributed by atoms with Crippen LogP contribution in [0, 0.1) is 0 Å². The van der Waals surface area contributed by atoms with Gasteiger partial charge in [0.15, 0.2) is 0 Å². The molecule has 0 saturated carbocycles. The first-order valence-electron chi connectivity index (χ1n) is 29.5. The van der Waals surface area contributed by atoms with Crippen LogP contribution in [0.4, 0.5) is 34.1 Å². The minimum Gasteiger partial charge on any atom is -0.416 e. The smallest absolute Gasteiger partial charge is 0.325 e. The van der Waals surface area contributed by atoms with Crippen molar-refractivity contribution < 1.29 is 29.4 Å². The maximum absolute atomic E-state index is 8.05. The Morgan fingerprint density at radius 1 is 0.235 bits per heavy atom. The molecule has 6 unspecified atom stereocenters. The van der Waals surface area contributed by atoms with E-state index in [2.05, 4.69) is 241 Å². The number of hydrogen-bond donors (Lipinski definition) is 6. The van der Waals surface area contributed by atoms with Gasteiger partial charge in [-0.3, -0.25) is 0 Å². The Morgan fingerprint density at radius 2 is 0.383 bits per heavy atom. The number of hydrogen-bond acceptors (Lipinski definition) is 13. The SMILES string of the molecule is CO[Si](C)(CCCNc1ccccc1)O[Si](C)(CCCNc1ccccc1)O[Si](C)(CCCNc1ccccc1)O[Si](C)(CCCNc1ccccc1)O[Si](C)(CCCNc1ccccc1)O[Si](C)(CCCNc1ccccc1)OC. The second-order valence-corrected chi connectivity index (χ2v) is 43.6. The predicted octanol–water partition coefficient (Wildman–Crippen LogP) is 15.8. The molecule has 0 bridgehead atoms. The lowest BCUT2D eigenvalue weighted by molar-refractivity contribution is 0.229. The van der Waals surface area contributed by atoms with E-state index in [9.17, 15) is 0 Å². The minimum absolute atomic E-state index is 0.737. The first kappa shape index (κ1) is 65.3. The molecule has 13 nitrogen and oxygen atoms in total. The molecule has 6 aromatic carbocycles. The van der Waals surface area contributed by atoms with Crippen LogP contribution in [0.5, 0.6) is 0 Å². The van der Waals surface area contributed by atoms with E-state index < -0.39 is 51.4 Å². The first-order chi connectivity index (χ1) is 39.1. The molecule has 6 N–H and O–H groups in total. The fourth-order valence-electron chi connectivity index (χ4n) is 10.4. The summed E-state index contributed by atoms with van der Waals surface area (Å²) in [5.74, 6) is 0. The van der Waals surface area contributed by atoms with Gasteiger partial charge in [0.2, 0.25) is 0 Å². The third kappa shape index (κ3) is 24.9. The van der Waals surface area contributed by atoms with Crippen LogP contribution in [0.1, 0.15) is 38.5 Å². The summed E-state index contributed by atoms with van der Waals surface area (Å²) in [6, 6.07) is 67.1. The van der Waals surface area contributed by atoms with Crippen molar-refractivity contribution in [3.05, 3.63) is 182 Å². The van der Waals surface area contributed by atoms with Gasteiger partial charge in [-0.25, -0.2) is 0 Å². The number of benzene rings is 6. The van der Waals surface area contributed by atoms with Crippen molar-refractivity contribution in [1.82, 2.24) is 0 Å².